The van der Waals surface area contributed by atoms with Crippen LogP contribution in [-0.4, -0.2) is 45.5 Å². The van der Waals surface area contributed by atoms with Crippen LogP contribution in [0.3, 0.4) is 0 Å². The molecule has 1 amide bonds. The molecule has 10 nitrogen and oxygen atoms in total. The van der Waals surface area contributed by atoms with Crippen molar-refractivity contribution in [2.75, 3.05) is 19.8 Å². The van der Waals surface area contributed by atoms with Crippen LogP contribution in [0.1, 0.15) is 17.3 Å². The average Bonchev–Trinajstić information content (AvgIpc) is 3.30. The van der Waals surface area contributed by atoms with E-state index in [-0.39, 0.29) is 30.2 Å². The number of carbonyl (C=O) groups excluding carboxylic acids is 1. The van der Waals surface area contributed by atoms with Crippen LogP contribution in [0.2, 0.25) is 0 Å². The van der Waals surface area contributed by atoms with E-state index in [1.165, 1.54) is 22.7 Å². The smallest absolute Gasteiger partial charge is 0.349 e. The van der Waals surface area contributed by atoms with Crippen LogP contribution in [0.25, 0.3) is 28.0 Å². The second-order valence-electron chi connectivity index (χ2n) is 7.63. The number of nitrogens with zero attached hydrogens (tertiary/aromatic N) is 4. The third kappa shape index (κ3) is 4.58. The topological polar surface area (TPSA) is 121 Å². The van der Waals surface area contributed by atoms with Crippen molar-refractivity contribution in [3.63, 3.8) is 0 Å². The molecule has 5 rings (SSSR count). The van der Waals surface area contributed by atoms with Gasteiger partial charge in [-0.25, -0.2) is 9.18 Å². The van der Waals surface area contributed by atoms with E-state index in [1.54, 1.807) is 42.5 Å². The molecular formula is C25H20FN5O5. The zero-order valence-electron chi connectivity index (χ0n) is 19.1. The van der Waals surface area contributed by atoms with Gasteiger partial charge in [-0.3, -0.25) is 4.79 Å². The molecule has 5 aromatic rings. The Hall–Kier alpha value is -4.80. The standard InChI is InChI=1S/C25H20FN5O5/c1-2-34-19-8-4-5-15-14-18(25(33)36-22(15)19)24(32)27-11-12-35-21-10-9-20-28-29-23(31(20)30-21)16-6-3-7-17(26)13-16/h3-10,13-14H,2,11-12H2,1H3,(H,27,32). The summed E-state index contributed by atoms with van der Waals surface area (Å²) in [6.45, 7) is 2.42. The Morgan fingerprint density at radius 2 is 1.94 bits per heavy atom. The van der Waals surface area contributed by atoms with Gasteiger partial charge in [-0.2, -0.15) is 4.52 Å². The van der Waals surface area contributed by atoms with E-state index in [0.29, 0.717) is 34.8 Å². The van der Waals surface area contributed by atoms with Gasteiger partial charge >= 0.3 is 5.63 Å². The normalized spacial score (nSPS) is 11.1. The van der Waals surface area contributed by atoms with Crippen molar-refractivity contribution in [2.45, 2.75) is 6.92 Å². The van der Waals surface area contributed by atoms with E-state index in [9.17, 15) is 14.0 Å². The fourth-order valence-corrected chi connectivity index (χ4v) is 3.62. The first-order chi connectivity index (χ1) is 17.5. The van der Waals surface area contributed by atoms with Gasteiger partial charge in [0, 0.05) is 17.0 Å². The molecule has 3 aromatic heterocycles. The maximum atomic E-state index is 13.6. The molecule has 0 saturated heterocycles. The number of rotatable bonds is 8. The number of amides is 1. The lowest BCUT2D eigenvalue weighted by molar-refractivity contribution is 0.0943. The second-order valence-corrected chi connectivity index (χ2v) is 7.63. The highest BCUT2D eigenvalue weighted by Crippen LogP contribution is 2.25. The van der Waals surface area contributed by atoms with E-state index in [2.05, 4.69) is 20.6 Å². The number of hydrogen-bond donors (Lipinski definition) is 1. The molecule has 0 aliphatic carbocycles. The maximum absolute atomic E-state index is 13.6. The lowest BCUT2D eigenvalue weighted by Gasteiger charge is -2.09. The number of hydrogen-bond acceptors (Lipinski definition) is 8. The van der Waals surface area contributed by atoms with Gasteiger partial charge in [0.15, 0.2) is 22.8 Å². The molecule has 2 aromatic carbocycles. The van der Waals surface area contributed by atoms with E-state index in [4.69, 9.17) is 13.9 Å². The van der Waals surface area contributed by atoms with Crippen LogP contribution < -0.4 is 20.4 Å². The quantitative estimate of drug-likeness (QED) is 0.261. The van der Waals surface area contributed by atoms with Crippen molar-refractivity contribution < 1.29 is 23.1 Å². The van der Waals surface area contributed by atoms with Gasteiger partial charge in [-0.15, -0.1) is 15.3 Å². The number of ether oxygens (including phenoxy) is 2. The third-order valence-corrected chi connectivity index (χ3v) is 5.23. The van der Waals surface area contributed by atoms with Crippen molar-refractivity contribution in [3.8, 4) is 23.0 Å². The van der Waals surface area contributed by atoms with Crippen molar-refractivity contribution in [2.24, 2.45) is 0 Å². The van der Waals surface area contributed by atoms with Crippen molar-refractivity contribution in [1.82, 2.24) is 25.1 Å². The second kappa shape index (κ2) is 9.82. The lowest BCUT2D eigenvalue weighted by Crippen LogP contribution is -2.31. The Balaban J connectivity index is 1.25. The summed E-state index contributed by atoms with van der Waals surface area (Å²) in [6, 6.07) is 15.9. The van der Waals surface area contributed by atoms with Gasteiger partial charge in [-0.05, 0) is 37.3 Å². The molecule has 0 unspecified atom stereocenters. The van der Waals surface area contributed by atoms with Gasteiger partial charge < -0.3 is 19.2 Å². The summed E-state index contributed by atoms with van der Waals surface area (Å²) in [5, 5.41) is 15.7. The van der Waals surface area contributed by atoms with Gasteiger partial charge in [0.25, 0.3) is 5.91 Å². The number of nitrogens with one attached hydrogen (secondary N) is 1. The molecule has 0 fully saturated rings. The number of fused-ring (bicyclic) bond motifs is 2. The Kier molecular flexibility index (Phi) is 6.27. The van der Waals surface area contributed by atoms with Crippen molar-refractivity contribution >= 4 is 22.5 Å². The molecule has 0 spiro atoms. The van der Waals surface area contributed by atoms with E-state index in [1.807, 2.05) is 6.92 Å². The lowest BCUT2D eigenvalue weighted by atomic mass is 10.1. The first-order valence-corrected chi connectivity index (χ1v) is 11.1. The van der Waals surface area contributed by atoms with Gasteiger partial charge in [0.1, 0.15) is 18.0 Å². The summed E-state index contributed by atoms with van der Waals surface area (Å²) in [6.07, 6.45) is 0. The first kappa shape index (κ1) is 23.0. The zero-order valence-corrected chi connectivity index (χ0v) is 19.1. The van der Waals surface area contributed by atoms with Gasteiger partial charge in [0.05, 0.1) is 13.2 Å². The van der Waals surface area contributed by atoms with Crippen LogP contribution in [-0.2, 0) is 0 Å². The Labute approximate surface area is 203 Å². The molecule has 0 bridgehead atoms. The average molecular weight is 489 g/mol. The Bertz CT molecular complexity index is 1630. The fourth-order valence-electron chi connectivity index (χ4n) is 3.62. The Morgan fingerprint density at radius 1 is 1.08 bits per heavy atom. The third-order valence-electron chi connectivity index (χ3n) is 5.23. The van der Waals surface area contributed by atoms with Crippen LogP contribution in [0.5, 0.6) is 11.6 Å². The summed E-state index contributed by atoms with van der Waals surface area (Å²) in [5.74, 6) is 0.0569. The number of para-hydroxylation sites is 1. The molecule has 1 N–H and O–H groups in total. The van der Waals surface area contributed by atoms with E-state index >= 15 is 0 Å². The van der Waals surface area contributed by atoms with Crippen LogP contribution >= 0.6 is 0 Å². The summed E-state index contributed by atoms with van der Waals surface area (Å²) in [5.41, 5.74) is 0.377. The van der Waals surface area contributed by atoms with Crippen LogP contribution in [0.4, 0.5) is 4.39 Å². The molecule has 0 radical (unpaired) electrons. The van der Waals surface area contributed by atoms with Gasteiger partial charge in [0.2, 0.25) is 5.88 Å². The highest BCUT2D eigenvalue weighted by atomic mass is 19.1. The summed E-state index contributed by atoms with van der Waals surface area (Å²) < 4.78 is 31.5. The van der Waals surface area contributed by atoms with Crippen molar-refractivity contribution in [1.29, 1.82) is 0 Å². The minimum Gasteiger partial charge on any atom is -0.490 e. The van der Waals surface area contributed by atoms with E-state index in [0.717, 1.165) is 0 Å². The molecule has 3 heterocycles. The minimum atomic E-state index is -0.766. The predicted molar refractivity (Wildman–Crippen MR) is 128 cm³/mol. The van der Waals surface area contributed by atoms with Crippen LogP contribution in [0, 0.1) is 5.82 Å². The summed E-state index contributed by atoms with van der Waals surface area (Å²) in [7, 11) is 0. The predicted octanol–water partition coefficient (Wildman–Crippen LogP) is 3.24. The molecule has 36 heavy (non-hydrogen) atoms. The number of halogens is 1. The summed E-state index contributed by atoms with van der Waals surface area (Å²) in [4.78, 5) is 25.0. The molecule has 0 aliphatic rings. The highest BCUT2D eigenvalue weighted by molar-refractivity contribution is 5.97. The largest absolute Gasteiger partial charge is 0.490 e. The number of carbonyl (C=O) groups is 1. The zero-order chi connectivity index (χ0) is 25.1. The SMILES string of the molecule is CCOc1cccc2cc(C(=O)NCCOc3ccc4nnc(-c5cccc(F)c5)n4n3)c(=O)oc12. The molecule has 11 heteroatoms. The molecule has 0 aliphatic heterocycles. The van der Waals surface area contributed by atoms with Crippen LogP contribution in [0.15, 0.2) is 69.9 Å². The van der Waals surface area contributed by atoms with E-state index < -0.39 is 17.3 Å². The highest BCUT2D eigenvalue weighted by Gasteiger charge is 2.16. The van der Waals surface area contributed by atoms with Crippen molar-refractivity contribution in [3.05, 3.63) is 82.5 Å². The minimum absolute atomic E-state index is 0.0784. The Morgan fingerprint density at radius 3 is 2.78 bits per heavy atom. The molecular weight excluding hydrogens is 469 g/mol. The number of benzene rings is 2. The monoisotopic (exact) mass is 489 g/mol. The molecule has 0 saturated carbocycles. The first-order valence-electron chi connectivity index (χ1n) is 11.1. The van der Waals surface area contributed by atoms with Gasteiger partial charge in [-0.1, -0.05) is 24.3 Å². The molecule has 0 atom stereocenters. The fraction of sp³-hybridized carbons (Fsp3) is 0.160. The molecule has 182 valence electrons. The maximum Gasteiger partial charge on any atom is 0.349 e. The number of aromatic nitrogens is 4. The summed E-state index contributed by atoms with van der Waals surface area (Å²) >= 11 is 0.